The quantitative estimate of drug-likeness (QED) is 0.362. The van der Waals surface area contributed by atoms with Gasteiger partial charge in [-0.2, -0.15) is 0 Å². The zero-order chi connectivity index (χ0) is 19.8. The molecule has 0 atom stereocenters. The molecule has 2 aromatic carbocycles. The second kappa shape index (κ2) is 7.31. The minimum Gasteiger partial charge on any atom is -0.451 e. The van der Waals surface area contributed by atoms with Gasteiger partial charge in [0, 0.05) is 22.8 Å². The maximum Gasteiger partial charge on any atom is 0.296 e. The molecule has 5 aromatic rings. The minimum atomic E-state index is -0.254. The Morgan fingerprint density at radius 2 is 2.00 bits per heavy atom. The third-order valence-electron chi connectivity index (χ3n) is 4.52. The molecule has 0 aliphatic rings. The summed E-state index contributed by atoms with van der Waals surface area (Å²) < 4.78 is 6.73. The number of pyridine rings is 1. The van der Waals surface area contributed by atoms with Gasteiger partial charge in [0.25, 0.3) is 5.91 Å². The van der Waals surface area contributed by atoms with Crippen molar-refractivity contribution in [1.29, 1.82) is 0 Å². The first-order chi connectivity index (χ1) is 14.2. The Hall–Kier alpha value is -3.22. The lowest BCUT2D eigenvalue weighted by molar-refractivity contribution is 0.0960. The number of fused-ring (bicyclic) bond motifs is 2. The first kappa shape index (κ1) is 17.8. The van der Waals surface area contributed by atoms with E-state index in [4.69, 9.17) is 16.0 Å². The molecule has 0 saturated heterocycles. The lowest BCUT2D eigenvalue weighted by atomic mass is 10.2. The van der Waals surface area contributed by atoms with Crippen LogP contribution in [0.2, 0.25) is 5.02 Å². The number of aromatic nitrogens is 2. The van der Waals surface area contributed by atoms with Gasteiger partial charge in [0.05, 0.1) is 16.8 Å². The number of nitrogens with zero attached hydrogens (tertiary/aromatic N) is 3. The number of carbonyl (C=O) groups is 1. The molecule has 0 fully saturated rings. The predicted octanol–water partition coefficient (Wildman–Crippen LogP) is 5.94. The van der Waals surface area contributed by atoms with E-state index in [1.54, 1.807) is 29.4 Å². The number of carbonyl (C=O) groups excluding carboxylic acids is 1. The van der Waals surface area contributed by atoms with Gasteiger partial charge in [0.2, 0.25) is 0 Å². The lowest BCUT2D eigenvalue weighted by Crippen LogP contribution is -2.30. The molecule has 5 nitrogen and oxygen atoms in total. The highest BCUT2D eigenvalue weighted by Crippen LogP contribution is 2.33. The smallest absolute Gasteiger partial charge is 0.296 e. The van der Waals surface area contributed by atoms with Crippen molar-refractivity contribution in [1.82, 2.24) is 9.97 Å². The van der Waals surface area contributed by atoms with Crippen molar-refractivity contribution in [2.24, 2.45) is 0 Å². The van der Waals surface area contributed by atoms with Crippen LogP contribution in [0.5, 0.6) is 0 Å². The van der Waals surface area contributed by atoms with Crippen LogP contribution in [0.4, 0.5) is 5.13 Å². The molecule has 0 spiro atoms. The number of rotatable bonds is 4. The summed E-state index contributed by atoms with van der Waals surface area (Å²) in [7, 11) is 0. The molecule has 142 valence electrons. The number of anilines is 1. The summed E-state index contributed by atoms with van der Waals surface area (Å²) in [5.74, 6) is 0.0163. The Morgan fingerprint density at radius 3 is 2.83 bits per heavy atom. The van der Waals surface area contributed by atoms with Crippen molar-refractivity contribution < 1.29 is 9.21 Å². The monoisotopic (exact) mass is 419 g/mol. The number of hydrogen-bond donors (Lipinski definition) is 0. The van der Waals surface area contributed by atoms with E-state index < -0.39 is 0 Å². The largest absolute Gasteiger partial charge is 0.451 e. The van der Waals surface area contributed by atoms with Crippen LogP contribution in [0.25, 0.3) is 21.2 Å². The van der Waals surface area contributed by atoms with Crippen LogP contribution in [0, 0.1) is 0 Å². The van der Waals surface area contributed by atoms with Gasteiger partial charge in [-0.3, -0.25) is 14.7 Å². The fourth-order valence-corrected chi connectivity index (χ4v) is 4.36. The Kier molecular flexibility index (Phi) is 4.50. The first-order valence-electron chi connectivity index (χ1n) is 8.93. The van der Waals surface area contributed by atoms with Gasteiger partial charge in [-0.1, -0.05) is 47.2 Å². The number of halogens is 1. The van der Waals surface area contributed by atoms with Gasteiger partial charge >= 0.3 is 0 Å². The number of hydrogen-bond acceptors (Lipinski definition) is 5. The molecule has 3 heterocycles. The van der Waals surface area contributed by atoms with E-state index in [0.717, 1.165) is 21.2 Å². The average molecular weight is 420 g/mol. The second-order valence-corrected chi connectivity index (χ2v) is 7.96. The molecular weight excluding hydrogens is 406 g/mol. The molecule has 0 radical (unpaired) electrons. The number of thiazole rings is 1. The fourth-order valence-electron chi connectivity index (χ4n) is 3.12. The SMILES string of the molecule is O=C(c1cc2ccccc2o1)N(Cc1cccnc1)c1nc2ccc(Cl)cc2s1. The van der Waals surface area contributed by atoms with E-state index in [9.17, 15) is 4.79 Å². The maximum absolute atomic E-state index is 13.4. The van der Waals surface area contributed by atoms with E-state index in [0.29, 0.717) is 22.3 Å². The van der Waals surface area contributed by atoms with Crippen LogP contribution in [-0.2, 0) is 6.54 Å². The van der Waals surface area contributed by atoms with Crippen LogP contribution in [0.15, 0.2) is 77.5 Å². The average Bonchev–Trinajstić information content (AvgIpc) is 3.36. The van der Waals surface area contributed by atoms with Gasteiger partial charge < -0.3 is 4.42 Å². The van der Waals surface area contributed by atoms with E-state index in [1.807, 2.05) is 48.5 Å². The summed E-state index contributed by atoms with van der Waals surface area (Å²) in [5, 5.41) is 2.10. The van der Waals surface area contributed by atoms with Crippen molar-refractivity contribution in [3.63, 3.8) is 0 Å². The number of benzene rings is 2. The van der Waals surface area contributed by atoms with Gasteiger partial charge in [0.1, 0.15) is 5.58 Å². The number of para-hydroxylation sites is 1. The molecule has 0 N–H and O–H groups in total. The molecule has 1 amide bonds. The highest BCUT2D eigenvalue weighted by atomic mass is 35.5. The summed E-state index contributed by atoms with van der Waals surface area (Å²) >= 11 is 7.53. The van der Waals surface area contributed by atoms with Gasteiger partial charge in [-0.05, 0) is 42.0 Å². The van der Waals surface area contributed by atoms with Gasteiger partial charge in [-0.25, -0.2) is 4.98 Å². The highest BCUT2D eigenvalue weighted by Gasteiger charge is 2.25. The highest BCUT2D eigenvalue weighted by molar-refractivity contribution is 7.22. The maximum atomic E-state index is 13.4. The van der Waals surface area contributed by atoms with Crippen LogP contribution >= 0.6 is 22.9 Å². The molecular formula is C22H14ClN3O2S. The summed E-state index contributed by atoms with van der Waals surface area (Å²) in [6.45, 7) is 0.331. The molecule has 0 bridgehead atoms. The molecule has 29 heavy (non-hydrogen) atoms. The molecule has 3 aromatic heterocycles. The lowest BCUT2D eigenvalue weighted by Gasteiger charge is -2.18. The van der Waals surface area contributed by atoms with Gasteiger partial charge in [-0.15, -0.1) is 0 Å². The Balaban J connectivity index is 1.59. The zero-order valence-corrected chi connectivity index (χ0v) is 16.7. The summed E-state index contributed by atoms with van der Waals surface area (Å²) in [4.78, 5) is 23.8. The Morgan fingerprint density at radius 1 is 1.10 bits per heavy atom. The van der Waals surface area contributed by atoms with Crippen molar-refractivity contribution in [3.8, 4) is 0 Å². The molecule has 0 saturated carbocycles. The third kappa shape index (κ3) is 3.48. The van der Waals surface area contributed by atoms with Gasteiger partial charge in [0.15, 0.2) is 10.9 Å². The number of furan rings is 1. The summed E-state index contributed by atoms with van der Waals surface area (Å²) in [6.07, 6.45) is 3.44. The van der Waals surface area contributed by atoms with Crippen molar-refractivity contribution in [3.05, 3.63) is 89.4 Å². The topological polar surface area (TPSA) is 59.2 Å². The van der Waals surface area contributed by atoms with Crippen molar-refractivity contribution in [2.75, 3.05) is 4.90 Å². The van der Waals surface area contributed by atoms with Crippen LogP contribution in [-0.4, -0.2) is 15.9 Å². The van der Waals surface area contributed by atoms with Crippen molar-refractivity contribution >= 4 is 55.2 Å². The van der Waals surface area contributed by atoms with Crippen LogP contribution in [0.3, 0.4) is 0 Å². The predicted molar refractivity (Wildman–Crippen MR) is 116 cm³/mol. The number of amides is 1. The Labute approximate surface area is 175 Å². The van der Waals surface area contributed by atoms with E-state index in [2.05, 4.69) is 9.97 Å². The zero-order valence-electron chi connectivity index (χ0n) is 15.1. The molecule has 5 rings (SSSR count). The first-order valence-corrected chi connectivity index (χ1v) is 10.1. The van der Waals surface area contributed by atoms with E-state index in [-0.39, 0.29) is 11.7 Å². The van der Waals surface area contributed by atoms with E-state index >= 15 is 0 Å². The Bertz CT molecular complexity index is 1300. The molecule has 7 heteroatoms. The fraction of sp³-hybridized carbons (Fsp3) is 0.0455. The normalized spacial score (nSPS) is 11.2. The standard InChI is InChI=1S/C22H14ClN3O2S/c23-16-7-8-17-20(11-16)29-22(25-17)26(13-14-4-3-9-24-12-14)21(27)19-10-15-5-1-2-6-18(15)28-19/h1-12H,13H2. The summed E-state index contributed by atoms with van der Waals surface area (Å²) in [6, 6.07) is 18.6. The van der Waals surface area contributed by atoms with E-state index in [1.165, 1.54) is 11.3 Å². The summed E-state index contributed by atoms with van der Waals surface area (Å²) in [5.41, 5.74) is 2.37. The molecule has 0 unspecified atom stereocenters. The minimum absolute atomic E-state index is 0.254. The van der Waals surface area contributed by atoms with Crippen LogP contribution < -0.4 is 4.90 Å². The van der Waals surface area contributed by atoms with Crippen molar-refractivity contribution in [2.45, 2.75) is 6.54 Å². The third-order valence-corrected chi connectivity index (χ3v) is 5.79. The second-order valence-electron chi connectivity index (χ2n) is 6.51. The molecule has 0 aliphatic carbocycles. The molecule has 0 aliphatic heterocycles. The van der Waals surface area contributed by atoms with Crippen LogP contribution in [0.1, 0.15) is 16.1 Å².